The van der Waals surface area contributed by atoms with Crippen molar-refractivity contribution in [3.63, 3.8) is 0 Å². The molecule has 0 amide bonds. The molecule has 16 heavy (non-hydrogen) atoms. The van der Waals surface area contributed by atoms with Gasteiger partial charge < -0.3 is 10.1 Å². The SMILES string of the molecule is COc1ccc(C)cc1NC=C(C#N)C#N. The standard InChI is InChI=1S/C12H11N3O/c1-9-3-4-12(16-2)11(5-9)15-8-10(6-13)7-14/h3-5,8,15H,1-2H3. The van der Waals surface area contributed by atoms with Crippen LogP contribution in [0.2, 0.25) is 0 Å². The van der Waals surface area contributed by atoms with Crippen LogP contribution in [0.5, 0.6) is 5.75 Å². The Hall–Kier alpha value is -2.46. The molecule has 0 saturated heterocycles. The molecule has 0 bridgehead atoms. The second kappa shape index (κ2) is 5.43. The molecule has 0 unspecified atom stereocenters. The van der Waals surface area contributed by atoms with Gasteiger partial charge in [-0.15, -0.1) is 0 Å². The third kappa shape index (κ3) is 2.76. The largest absolute Gasteiger partial charge is 0.495 e. The van der Waals surface area contributed by atoms with Gasteiger partial charge in [-0.1, -0.05) is 6.07 Å². The summed E-state index contributed by atoms with van der Waals surface area (Å²) in [6.45, 7) is 1.95. The predicted octanol–water partition coefficient (Wildman–Crippen LogP) is 2.35. The number of hydrogen-bond acceptors (Lipinski definition) is 4. The van der Waals surface area contributed by atoms with Gasteiger partial charge in [-0.25, -0.2) is 0 Å². The summed E-state index contributed by atoms with van der Waals surface area (Å²) < 4.78 is 5.14. The lowest BCUT2D eigenvalue weighted by Gasteiger charge is -2.08. The van der Waals surface area contributed by atoms with E-state index >= 15 is 0 Å². The van der Waals surface area contributed by atoms with Crippen molar-refractivity contribution in [1.82, 2.24) is 0 Å². The van der Waals surface area contributed by atoms with E-state index in [1.165, 1.54) is 6.20 Å². The van der Waals surface area contributed by atoms with Gasteiger partial charge in [0.2, 0.25) is 0 Å². The van der Waals surface area contributed by atoms with Gasteiger partial charge in [0.25, 0.3) is 0 Å². The quantitative estimate of drug-likeness (QED) is 0.782. The van der Waals surface area contributed by atoms with Crippen LogP contribution in [0.4, 0.5) is 5.69 Å². The fourth-order valence-electron chi connectivity index (χ4n) is 1.17. The molecule has 0 aliphatic heterocycles. The van der Waals surface area contributed by atoms with Gasteiger partial charge in [0.15, 0.2) is 0 Å². The van der Waals surface area contributed by atoms with E-state index < -0.39 is 0 Å². The van der Waals surface area contributed by atoms with E-state index in [0.29, 0.717) is 5.75 Å². The predicted molar refractivity (Wildman–Crippen MR) is 60.7 cm³/mol. The van der Waals surface area contributed by atoms with E-state index in [9.17, 15) is 0 Å². The molecule has 0 spiro atoms. The van der Waals surface area contributed by atoms with Crippen LogP contribution in [-0.4, -0.2) is 7.11 Å². The van der Waals surface area contributed by atoms with Gasteiger partial charge in [0.05, 0.1) is 12.8 Å². The molecule has 1 N–H and O–H groups in total. The van der Waals surface area contributed by atoms with Gasteiger partial charge in [-0.2, -0.15) is 10.5 Å². The average molecular weight is 213 g/mol. The third-order valence-electron chi connectivity index (χ3n) is 1.97. The molecule has 0 saturated carbocycles. The highest BCUT2D eigenvalue weighted by molar-refractivity contribution is 5.60. The van der Waals surface area contributed by atoms with Gasteiger partial charge in [-0.05, 0) is 24.6 Å². The van der Waals surface area contributed by atoms with Crippen LogP contribution in [0.15, 0.2) is 30.0 Å². The minimum absolute atomic E-state index is 0.0172. The second-order valence-corrected chi connectivity index (χ2v) is 3.13. The number of hydrogen-bond donors (Lipinski definition) is 1. The molecule has 0 aromatic heterocycles. The Morgan fingerprint density at radius 2 is 2.06 bits per heavy atom. The summed E-state index contributed by atoms with van der Waals surface area (Å²) in [6, 6.07) is 9.16. The van der Waals surface area contributed by atoms with Crippen molar-refractivity contribution in [2.45, 2.75) is 6.92 Å². The average Bonchev–Trinajstić information content (AvgIpc) is 2.30. The fourth-order valence-corrected chi connectivity index (χ4v) is 1.17. The Morgan fingerprint density at radius 1 is 1.38 bits per heavy atom. The van der Waals surface area contributed by atoms with Gasteiger partial charge in [0, 0.05) is 6.20 Å². The van der Waals surface area contributed by atoms with Gasteiger partial charge in [0.1, 0.15) is 23.5 Å². The van der Waals surface area contributed by atoms with Crippen molar-refractivity contribution in [1.29, 1.82) is 10.5 Å². The topological polar surface area (TPSA) is 68.8 Å². The first-order valence-corrected chi connectivity index (χ1v) is 4.62. The molecule has 0 aliphatic rings. The maximum absolute atomic E-state index is 8.57. The number of aryl methyl sites for hydroxylation is 1. The van der Waals surface area contributed by atoms with Crippen LogP contribution in [0.1, 0.15) is 5.56 Å². The lowest BCUT2D eigenvalue weighted by Crippen LogP contribution is -1.94. The van der Waals surface area contributed by atoms with Crippen LogP contribution < -0.4 is 10.1 Å². The molecule has 0 fully saturated rings. The van der Waals surface area contributed by atoms with Crippen LogP contribution in [0.3, 0.4) is 0 Å². The van der Waals surface area contributed by atoms with E-state index in [1.54, 1.807) is 19.2 Å². The highest BCUT2D eigenvalue weighted by Crippen LogP contribution is 2.25. The lowest BCUT2D eigenvalue weighted by atomic mass is 10.2. The van der Waals surface area contributed by atoms with Crippen molar-refractivity contribution in [2.24, 2.45) is 0 Å². The number of nitrogens with one attached hydrogen (secondary N) is 1. The number of nitrogens with zero attached hydrogens (tertiary/aromatic N) is 2. The van der Waals surface area contributed by atoms with Crippen LogP contribution in [0, 0.1) is 29.6 Å². The van der Waals surface area contributed by atoms with Crippen LogP contribution in [-0.2, 0) is 0 Å². The zero-order valence-electron chi connectivity index (χ0n) is 9.11. The Morgan fingerprint density at radius 3 is 2.62 bits per heavy atom. The molecule has 0 aliphatic carbocycles. The summed E-state index contributed by atoms with van der Waals surface area (Å²) in [7, 11) is 1.56. The summed E-state index contributed by atoms with van der Waals surface area (Å²) >= 11 is 0. The number of nitriles is 2. The molecule has 1 rings (SSSR count). The third-order valence-corrected chi connectivity index (χ3v) is 1.97. The molecule has 4 nitrogen and oxygen atoms in total. The summed E-state index contributed by atoms with van der Waals surface area (Å²) in [4.78, 5) is 0. The molecule has 0 atom stereocenters. The van der Waals surface area contributed by atoms with E-state index in [2.05, 4.69) is 5.32 Å². The molecular weight excluding hydrogens is 202 g/mol. The first-order valence-electron chi connectivity index (χ1n) is 4.62. The van der Waals surface area contributed by atoms with Crippen molar-refractivity contribution in [2.75, 3.05) is 12.4 Å². The maximum Gasteiger partial charge on any atom is 0.145 e. The van der Waals surface area contributed by atoms with E-state index in [-0.39, 0.29) is 5.57 Å². The first-order chi connectivity index (χ1) is 7.71. The smallest absolute Gasteiger partial charge is 0.145 e. The zero-order valence-corrected chi connectivity index (χ0v) is 9.11. The number of methoxy groups -OCH3 is 1. The normalized spacial score (nSPS) is 8.50. The molecule has 80 valence electrons. The number of benzene rings is 1. The van der Waals surface area contributed by atoms with Gasteiger partial charge in [-0.3, -0.25) is 0 Å². The monoisotopic (exact) mass is 213 g/mol. The Bertz CT molecular complexity index is 476. The maximum atomic E-state index is 8.57. The zero-order chi connectivity index (χ0) is 12.0. The highest BCUT2D eigenvalue weighted by atomic mass is 16.5. The lowest BCUT2D eigenvalue weighted by molar-refractivity contribution is 0.416. The molecule has 0 heterocycles. The van der Waals surface area contributed by atoms with Crippen LogP contribution in [0.25, 0.3) is 0 Å². The van der Waals surface area contributed by atoms with Gasteiger partial charge >= 0.3 is 0 Å². The Balaban J connectivity index is 2.98. The summed E-state index contributed by atoms with van der Waals surface area (Å²) in [5.41, 5.74) is 1.81. The second-order valence-electron chi connectivity index (χ2n) is 3.13. The molecule has 1 aromatic rings. The minimum atomic E-state index is 0.0172. The van der Waals surface area contributed by atoms with Crippen LogP contribution >= 0.6 is 0 Å². The number of allylic oxidation sites excluding steroid dienone is 1. The summed E-state index contributed by atoms with van der Waals surface area (Å²) in [5, 5.41) is 20.0. The minimum Gasteiger partial charge on any atom is -0.495 e. The van der Waals surface area contributed by atoms with Crippen molar-refractivity contribution in [3.8, 4) is 17.9 Å². The first kappa shape index (κ1) is 11.6. The Kier molecular flexibility index (Phi) is 3.94. The van der Waals surface area contributed by atoms with E-state index in [0.717, 1.165) is 11.3 Å². The van der Waals surface area contributed by atoms with Crippen molar-refractivity contribution >= 4 is 5.69 Å². The summed E-state index contributed by atoms with van der Waals surface area (Å²) in [5.74, 6) is 0.664. The van der Waals surface area contributed by atoms with E-state index in [1.807, 2.05) is 25.1 Å². The highest BCUT2D eigenvalue weighted by Gasteiger charge is 2.01. The number of anilines is 1. The summed E-state index contributed by atoms with van der Waals surface area (Å²) in [6.07, 6.45) is 1.36. The molecule has 1 aromatic carbocycles. The number of rotatable bonds is 3. The molecular formula is C12H11N3O. The van der Waals surface area contributed by atoms with Crippen molar-refractivity contribution < 1.29 is 4.74 Å². The Labute approximate surface area is 94.4 Å². The van der Waals surface area contributed by atoms with Crippen molar-refractivity contribution in [3.05, 3.63) is 35.5 Å². The van der Waals surface area contributed by atoms with E-state index in [4.69, 9.17) is 15.3 Å². The fraction of sp³-hybridized carbons (Fsp3) is 0.167. The molecule has 4 heteroatoms. The number of ether oxygens (including phenoxy) is 1. The molecule has 0 radical (unpaired) electrons.